The zero-order valence-corrected chi connectivity index (χ0v) is 16.0. The van der Waals surface area contributed by atoms with E-state index in [1.165, 1.54) is 6.42 Å². The summed E-state index contributed by atoms with van der Waals surface area (Å²) < 4.78 is 1.83. The maximum absolute atomic E-state index is 12.4. The smallest absolute Gasteiger partial charge is 0.263 e. The lowest BCUT2D eigenvalue weighted by atomic mass is 10.1. The van der Waals surface area contributed by atoms with Crippen LogP contribution in [0.5, 0.6) is 0 Å². The van der Waals surface area contributed by atoms with Crippen molar-refractivity contribution < 1.29 is 0 Å². The molecule has 7 nitrogen and oxygen atoms in total. The SMILES string of the molecule is CC(C)CCN1CCN(c2nc3c(cnn3C(C)(C)C)c(=O)[nH]2)CC1. The molecule has 25 heavy (non-hydrogen) atoms. The zero-order valence-electron chi connectivity index (χ0n) is 16.0. The first-order chi connectivity index (χ1) is 11.8. The van der Waals surface area contributed by atoms with Crippen LogP contribution in [0.3, 0.4) is 0 Å². The van der Waals surface area contributed by atoms with Crippen molar-refractivity contribution in [1.82, 2.24) is 24.6 Å². The highest BCUT2D eigenvalue weighted by Gasteiger charge is 2.23. The number of H-pyrrole nitrogens is 1. The summed E-state index contributed by atoms with van der Waals surface area (Å²) in [5.74, 6) is 1.39. The molecule has 1 N–H and O–H groups in total. The normalized spacial score (nSPS) is 17.0. The first kappa shape index (κ1) is 17.9. The van der Waals surface area contributed by atoms with Crippen molar-refractivity contribution in [3.8, 4) is 0 Å². The Labute approximate surface area is 149 Å². The molecule has 2 aromatic heterocycles. The first-order valence-electron chi connectivity index (χ1n) is 9.21. The van der Waals surface area contributed by atoms with Gasteiger partial charge in [0.25, 0.3) is 5.56 Å². The molecule has 1 saturated heterocycles. The molecule has 0 bridgehead atoms. The maximum Gasteiger partial charge on any atom is 0.263 e. The number of hydrogen-bond donors (Lipinski definition) is 1. The Balaban J connectivity index is 1.80. The predicted octanol–water partition coefficient (Wildman–Crippen LogP) is 2.04. The van der Waals surface area contributed by atoms with Crippen molar-refractivity contribution in [1.29, 1.82) is 0 Å². The van der Waals surface area contributed by atoms with Crippen molar-refractivity contribution in [2.45, 2.75) is 46.6 Å². The standard InChI is InChI=1S/C18H30N6O/c1-13(2)6-7-22-8-10-23(11-9-22)17-20-15-14(16(25)21-17)12-19-24(15)18(3,4)5/h12-13H,6-11H2,1-5H3,(H,20,21,25). The molecule has 0 unspecified atom stereocenters. The van der Waals surface area contributed by atoms with Crippen LogP contribution in [0, 0.1) is 5.92 Å². The van der Waals surface area contributed by atoms with E-state index in [1.807, 2.05) is 4.68 Å². The molecular weight excluding hydrogens is 316 g/mol. The number of nitrogens with zero attached hydrogens (tertiary/aromatic N) is 5. The van der Waals surface area contributed by atoms with Crippen LogP contribution in [0.1, 0.15) is 41.0 Å². The van der Waals surface area contributed by atoms with Crippen molar-refractivity contribution >= 4 is 17.0 Å². The lowest BCUT2D eigenvalue weighted by Crippen LogP contribution is -2.47. The number of aromatic amines is 1. The van der Waals surface area contributed by atoms with Crippen molar-refractivity contribution in [2.75, 3.05) is 37.6 Å². The third kappa shape index (κ3) is 3.86. The van der Waals surface area contributed by atoms with Crippen LogP contribution >= 0.6 is 0 Å². The second kappa shape index (κ2) is 6.78. The van der Waals surface area contributed by atoms with E-state index in [9.17, 15) is 4.79 Å². The van der Waals surface area contributed by atoms with Gasteiger partial charge in [0, 0.05) is 26.2 Å². The fourth-order valence-electron chi connectivity index (χ4n) is 3.17. The predicted molar refractivity (Wildman–Crippen MR) is 101 cm³/mol. The molecule has 138 valence electrons. The Morgan fingerprint density at radius 1 is 1.20 bits per heavy atom. The lowest BCUT2D eigenvalue weighted by molar-refractivity contribution is 0.242. The van der Waals surface area contributed by atoms with Crippen LogP contribution in [0.15, 0.2) is 11.0 Å². The number of hydrogen-bond acceptors (Lipinski definition) is 5. The van der Waals surface area contributed by atoms with Gasteiger partial charge in [0.2, 0.25) is 5.95 Å². The summed E-state index contributed by atoms with van der Waals surface area (Å²) >= 11 is 0. The summed E-state index contributed by atoms with van der Waals surface area (Å²) in [6.07, 6.45) is 2.84. The Morgan fingerprint density at radius 3 is 2.48 bits per heavy atom. The summed E-state index contributed by atoms with van der Waals surface area (Å²) in [4.78, 5) is 24.8. The first-order valence-corrected chi connectivity index (χ1v) is 9.21. The minimum Gasteiger partial charge on any atom is -0.340 e. The Morgan fingerprint density at radius 2 is 1.88 bits per heavy atom. The number of fused-ring (bicyclic) bond motifs is 1. The Kier molecular flexibility index (Phi) is 4.86. The number of nitrogens with one attached hydrogen (secondary N) is 1. The molecule has 7 heteroatoms. The summed E-state index contributed by atoms with van der Waals surface area (Å²) in [5.41, 5.74) is 0.334. The highest BCUT2D eigenvalue weighted by atomic mass is 16.1. The fourth-order valence-corrected chi connectivity index (χ4v) is 3.17. The second-order valence-electron chi connectivity index (χ2n) is 8.37. The Bertz CT molecular complexity index is 777. The molecular formula is C18H30N6O. The highest BCUT2D eigenvalue weighted by Crippen LogP contribution is 2.20. The van der Waals surface area contributed by atoms with Gasteiger partial charge in [-0.1, -0.05) is 13.8 Å². The van der Waals surface area contributed by atoms with E-state index in [-0.39, 0.29) is 11.1 Å². The van der Waals surface area contributed by atoms with E-state index in [2.05, 4.69) is 54.5 Å². The van der Waals surface area contributed by atoms with Gasteiger partial charge in [-0.05, 0) is 39.7 Å². The minimum absolute atomic E-state index is 0.113. The molecule has 0 aliphatic carbocycles. The van der Waals surface area contributed by atoms with E-state index >= 15 is 0 Å². The molecule has 0 atom stereocenters. The number of rotatable bonds is 4. The molecule has 0 spiro atoms. The quantitative estimate of drug-likeness (QED) is 0.917. The van der Waals surface area contributed by atoms with Crippen LogP contribution in [0.2, 0.25) is 0 Å². The number of piperazine rings is 1. The van der Waals surface area contributed by atoms with Gasteiger partial charge in [0.05, 0.1) is 11.7 Å². The topological polar surface area (TPSA) is 70.1 Å². The van der Waals surface area contributed by atoms with Crippen LogP contribution in [0.4, 0.5) is 5.95 Å². The molecule has 1 fully saturated rings. The van der Waals surface area contributed by atoms with E-state index in [1.54, 1.807) is 6.20 Å². The number of aromatic nitrogens is 4. The van der Waals surface area contributed by atoms with Crippen LogP contribution in [0.25, 0.3) is 11.0 Å². The van der Waals surface area contributed by atoms with Gasteiger partial charge in [0.1, 0.15) is 5.39 Å². The van der Waals surface area contributed by atoms with E-state index in [0.717, 1.165) is 38.6 Å². The summed E-state index contributed by atoms with van der Waals surface area (Å²) in [5, 5.41) is 4.92. The molecule has 1 aliphatic rings. The van der Waals surface area contributed by atoms with Crippen LogP contribution < -0.4 is 10.5 Å². The average Bonchev–Trinajstić information content (AvgIpc) is 2.98. The average molecular weight is 346 g/mol. The third-order valence-corrected chi connectivity index (χ3v) is 4.76. The van der Waals surface area contributed by atoms with Crippen molar-refractivity contribution in [3.63, 3.8) is 0 Å². The van der Waals surface area contributed by atoms with Gasteiger partial charge in [-0.2, -0.15) is 10.1 Å². The fraction of sp³-hybridized carbons (Fsp3) is 0.722. The third-order valence-electron chi connectivity index (χ3n) is 4.76. The molecule has 0 aromatic carbocycles. The molecule has 1 aliphatic heterocycles. The van der Waals surface area contributed by atoms with E-state index < -0.39 is 0 Å². The molecule has 0 saturated carbocycles. The van der Waals surface area contributed by atoms with Crippen molar-refractivity contribution in [2.24, 2.45) is 5.92 Å². The van der Waals surface area contributed by atoms with Gasteiger partial charge in [-0.3, -0.25) is 14.7 Å². The maximum atomic E-state index is 12.4. The number of anilines is 1. The summed E-state index contributed by atoms with van der Waals surface area (Å²) in [6, 6.07) is 0. The molecule has 3 heterocycles. The van der Waals surface area contributed by atoms with Gasteiger partial charge < -0.3 is 4.90 Å². The van der Waals surface area contributed by atoms with Crippen LogP contribution in [-0.4, -0.2) is 57.4 Å². The van der Waals surface area contributed by atoms with Crippen LogP contribution in [-0.2, 0) is 5.54 Å². The van der Waals surface area contributed by atoms with Gasteiger partial charge in [-0.15, -0.1) is 0 Å². The lowest BCUT2D eigenvalue weighted by Gasteiger charge is -2.35. The van der Waals surface area contributed by atoms with Gasteiger partial charge in [-0.25, -0.2) is 4.68 Å². The van der Waals surface area contributed by atoms with E-state index in [0.29, 0.717) is 17.0 Å². The monoisotopic (exact) mass is 346 g/mol. The zero-order chi connectivity index (χ0) is 18.2. The summed E-state index contributed by atoms with van der Waals surface area (Å²) in [6.45, 7) is 15.6. The minimum atomic E-state index is -0.213. The highest BCUT2D eigenvalue weighted by molar-refractivity contribution is 5.74. The largest absolute Gasteiger partial charge is 0.340 e. The summed E-state index contributed by atoms with van der Waals surface area (Å²) in [7, 11) is 0. The van der Waals surface area contributed by atoms with Crippen molar-refractivity contribution in [3.05, 3.63) is 16.6 Å². The second-order valence-corrected chi connectivity index (χ2v) is 8.37. The molecule has 3 rings (SSSR count). The molecule has 0 amide bonds. The van der Waals surface area contributed by atoms with Gasteiger partial charge >= 0.3 is 0 Å². The Hall–Kier alpha value is -1.89. The molecule has 2 aromatic rings. The van der Waals surface area contributed by atoms with E-state index in [4.69, 9.17) is 4.98 Å². The molecule has 0 radical (unpaired) electrons. The van der Waals surface area contributed by atoms with Gasteiger partial charge in [0.15, 0.2) is 5.65 Å².